The minimum atomic E-state index is -0.00694. The molecule has 4 rings (SSSR count). The van der Waals surface area contributed by atoms with Crippen LogP contribution in [0.2, 0.25) is 0 Å². The van der Waals surface area contributed by atoms with Gasteiger partial charge in [-0.15, -0.1) is 0 Å². The van der Waals surface area contributed by atoms with Crippen molar-refractivity contribution in [2.45, 2.75) is 26.7 Å². The van der Waals surface area contributed by atoms with Crippen LogP contribution in [0.1, 0.15) is 50.7 Å². The minimum absolute atomic E-state index is 0.00694. The van der Waals surface area contributed by atoms with Crippen LogP contribution < -0.4 is 0 Å². The molecule has 0 saturated heterocycles. The smallest absolute Gasteiger partial charge is 0.193 e. The average molecular weight is 366 g/mol. The van der Waals surface area contributed by atoms with E-state index in [2.05, 4.69) is 18.2 Å². The molecule has 3 aromatic carbocycles. The number of rotatable bonds is 1. The fourth-order valence-electron chi connectivity index (χ4n) is 3.79. The molecule has 0 amide bonds. The molecule has 138 valence electrons. The number of benzene rings is 3. The Hall–Kier alpha value is -3.26. The summed E-state index contributed by atoms with van der Waals surface area (Å²) in [5.74, 6) is 0.00346. The van der Waals surface area contributed by atoms with E-state index >= 15 is 0 Å². The van der Waals surface area contributed by atoms with E-state index in [1.54, 1.807) is 13.0 Å². The van der Waals surface area contributed by atoms with Gasteiger partial charge in [-0.25, -0.2) is 0 Å². The predicted octanol–water partition coefficient (Wildman–Crippen LogP) is 5.35. The average Bonchev–Trinajstić information content (AvgIpc) is 2.70. The maximum Gasteiger partial charge on any atom is 0.193 e. The van der Waals surface area contributed by atoms with Gasteiger partial charge in [0, 0.05) is 11.1 Å². The Labute approximate surface area is 165 Å². The Bertz CT molecular complexity index is 1120. The van der Waals surface area contributed by atoms with Crippen LogP contribution in [0.5, 0.6) is 0 Å². The minimum Gasteiger partial charge on any atom is -0.295 e. The highest BCUT2D eigenvalue weighted by Crippen LogP contribution is 2.29. The molecule has 2 heteroatoms. The maximum atomic E-state index is 13.1. The lowest BCUT2D eigenvalue weighted by atomic mass is 9.90. The van der Waals surface area contributed by atoms with Gasteiger partial charge in [0.15, 0.2) is 11.6 Å². The van der Waals surface area contributed by atoms with E-state index in [1.165, 1.54) is 5.56 Å². The van der Waals surface area contributed by atoms with Gasteiger partial charge in [0.05, 0.1) is 0 Å². The predicted molar refractivity (Wildman–Crippen MR) is 113 cm³/mol. The summed E-state index contributed by atoms with van der Waals surface area (Å²) in [7, 11) is 0. The molecular formula is C26H22O2. The van der Waals surface area contributed by atoms with Gasteiger partial charge in [0.2, 0.25) is 0 Å². The number of carbonyl (C=O) groups is 2. The molecular weight excluding hydrogens is 344 g/mol. The summed E-state index contributed by atoms with van der Waals surface area (Å²) < 4.78 is 0. The van der Waals surface area contributed by atoms with Gasteiger partial charge in [-0.05, 0) is 78.3 Å². The summed E-state index contributed by atoms with van der Waals surface area (Å²) in [5, 5.41) is 0. The number of aryl methyl sites for hydroxylation is 3. The Morgan fingerprint density at radius 1 is 0.821 bits per heavy atom. The lowest BCUT2D eigenvalue weighted by Crippen LogP contribution is -2.04. The van der Waals surface area contributed by atoms with Crippen LogP contribution in [-0.4, -0.2) is 11.6 Å². The summed E-state index contributed by atoms with van der Waals surface area (Å²) in [6, 6.07) is 22.0. The fraction of sp³-hybridized carbons (Fsp3) is 0.154. The molecule has 1 aliphatic carbocycles. The van der Waals surface area contributed by atoms with Crippen LogP contribution in [0.3, 0.4) is 0 Å². The maximum absolute atomic E-state index is 13.1. The third-order valence-electron chi connectivity index (χ3n) is 5.27. The van der Waals surface area contributed by atoms with Crippen LogP contribution in [0.15, 0.2) is 72.8 Å². The highest BCUT2D eigenvalue weighted by molar-refractivity contribution is 6.10. The Morgan fingerprint density at radius 2 is 1.43 bits per heavy atom. The van der Waals surface area contributed by atoms with Crippen molar-refractivity contribution in [1.29, 1.82) is 0 Å². The molecule has 1 aliphatic rings. The quantitative estimate of drug-likeness (QED) is 0.544. The van der Waals surface area contributed by atoms with Crippen molar-refractivity contribution in [2.75, 3.05) is 0 Å². The van der Waals surface area contributed by atoms with Gasteiger partial charge in [0.1, 0.15) is 0 Å². The molecule has 0 unspecified atom stereocenters. The summed E-state index contributed by atoms with van der Waals surface area (Å²) in [5.41, 5.74) is 7.56. The molecule has 0 aromatic heterocycles. The third-order valence-corrected chi connectivity index (χ3v) is 5.27. The first-order valence-corrected chi connectivity index (χ1v) is 9.57. The third kappa shape index (κ3) is 3.59. The number of hydrogen-bond donors (Lipinski definition) is 0. The molecule has 0 atom stereocenters. The topological polar surface area (TPSA) is 34.1 Å². The Morgan fingerprint density at radius 3 is 2.11 bits per heavy atom. The molecule has 3 aromatic rings. The van der Waals surface area contributed by atoms with Crippen LogP contribution >= 0.6 is 0 Å². The van der Waals surface area contributed by atoms with Crippen LogP contribution in [0.4, 0.5) is 0 Å². The molecule has 0 aliphatic heterocycles. The molecule has 28 heavy (non-hydrogen) atoms. The van der Waals surface area contributed by atoms with E-state index in [0.717, 1.165) is 40.7 Å². The summed E-state index contributed by atoms with van der Waals surface area (Å²) in [6.07, 6.45) is 3.43. The van der Waals surface area contributed by atoms with Gasteiger partial charge in [-0.1, -0.05) is 54.6 Å². The second kappa shape index (κ2) is 7.40. The first kappa shape index (κ1) is 18.1. The number of carbonyl (C=O) groups excluding carboxylic acids is 2. The lowest BCUT2D eigenvalue weighted by Gasteiger charge is -2.14. The molecule has 6 bridgehead atoms. The molecule has 0 spiro atoms. The highest BCUT2D eigenvalue weighted by Gasteiger charge is 2.16. The summed E-state index contributed by atoms with van der Waals surface area (Å²) >= 11 is 0. The van der Waals surface area contributed by atoms with Gasteiger partial charge < -0.3 is 0 Å². The SMILES string of the molecule is CC(=O)/C=C1/c2cccc(c2)CCc2cccc(c2)C(=O)c2ccc(C)c1c2. The van der Waals surface area contributed by atoms with E-state index < -0.39 is 0 Å². The normalized spacial score (nSPS) is 14.8. The van der Waals surface area contributed by atoms with Crippen molar-refractivity contribution in [2.24, 2.45) is 0 Å². The van der Waals surface area contributed by atoms with Gasteiger partial charge in [-0.3, -0.25) is 9.59 Å². The standard InChI is InChI=1S/C26H22O2/c1-17-9-12-23-16-24(17)25(13-18(2)27)21-7-3-5-19(14-21)10-11-20-6-4-8-22(15-20)26(23)28/h3-9,12-16H,10-11H2,1-2H3/b25-13-. The number of fused-ring (bicyclic) bond motifs is 6. The van der Waals surface area contributed by atoms with Crippen molar-refractivity contribution in [1.82, 2.24) is 0 Å². The number of hydrogen-bond acceptors (Lipinski definition) is 2. The zero-order valence-electron chi connectivity index (χ0n) is 16.2. The zero-order chi connectivity index (χ0) is 19.7. The molecule has 0 heterocycles. The lowest BCUT2D eigenvalue weighted by molar-refractivity contribution is -0.112. The summed E-state index contributed by atoms with van der Waals surface area (Å²) in [4.78, 5) is 25.1. The first-order chi connectivity index (χ1) is 13.5. The van der Waals surface area contributed by atoms with Crippen molar-refractivity contribution in [3.05, 3.63) is 112 Å². The first-order valence-electron chi connectivity index (χ1n) is 9.57. The van der Waals surface area contributed by atoms with Gasteiger partial charge >= 0.3 is 0 Å². The van der Waals surface area contributed by atoms with E-state index in [-0.39, 0.29) is 11.6 Å². The summed E-state index contributed by atoms with van der Waals surface area (Å²) in [6.45, 7) is 3.58. The van der Waals surface area contributed by atoms with Gasteiger partial charge in [-0.2, -0.15) is 0 Å². The molecule has 0 saturated carbocycles. The van der Waals surface area contributed by atoms with E-state index in [4.69, 9.17) is 0 Å². The second-order valence-corrected chi connectivity index (χ2v) is 7.43. The van der Waals surface area contributed by atoms with E-state index in [9.17, 15) is 9.59 Å². The monoisotopic (exact) mass is 366 g/mol. The Balaban J connectivity index is 2.00. The molecule has 0 N–H and O–H groups in total. The number of allylic oxidation sites excluding steroid dienone is 1. The largest absolute Gasteiger partial charge is 0.295 e. The van der Waals surface area contributed by atoms with Crippen LogP contribution in [-0.2, 0) is 17.6 Å². The molecule has 2 nitrogen and oxygen atoms in total. The van der Waals surface area contributed by atoms with Crippen molar-refractivity contribution < 1.29 is 9.59 Å². The van der Waals surface area contributed by atoms with Crippen LogP contribution in [0, 0.1) is 6.92 Å². The Kier molecular flexibility index (Phi) is 4.79. The van der Waals surface area contributed by atoms with E-state index in [0.29, 0.717) is 11.1 Å². The van der Waals surface area contributed by atoms with Gasteiger partial charge in [0.25, 0.3) is 0 Å². The zero-order valence-corrected chi connectivity index (χ0v) is 16.2. The molecule has 0 fully saturated rings. The van der Waals surface area contributed by atoms with Crippen LogP contribution in [0.25, 0.3) is 5.57 Å². The van der Waals surface area contributed by atoms with Crippen molar-refractivity contribution in [3.8, 4) is 0 Å². The van der Waals surface area contributed by atoms with Crippen molar-refractivity contribution >= 4 is 17.1 Å². The second-order valence-electron chi connectivity index (χ2n) is 7.43. The highest BCUT2D eigenvalue weighted by atomic mass is 16.1. The molecule has 0 radical (unpaired) electrons. The number of ketones is 2. The van der Waals surface area contributed by atoms with Crippen molar-refractivity contribution in [3.63, 3.8) is 0 Å². The fourth-order valence-corrected chi connectivity index (χ4v) is 3.79. The van der Waals surface area contributed by atoms with E-state index in [1.807, 2.05) is 55.5 Å².